The molecule has 0 unspecified atom stereocenters. The van der Waals surface area contributed by atoms with Gasteiger partial charge in [0.15, 0.2) is 18.1 Å². The third-order valence-corrected chi connectivity index (χ3v) is 3.97. The fourth-order valence-corrected chi connectivity index (χ4v) is 2.73. The summed E-state index contributed by atoms with van der Waals surface area (Å²) < 4.78 is 11.4. The van der Waals surface area contributed by atoms with Gasteiger partial charge in [0.2, 0.25) is 0 Å². The molecular formula is C22H38N2O3. The van der Waals surface area contributed by atoms with E-state index in [9.17, 15) is 4.79 Å². The number of hydrogen-bond donors (Lipinski definition) is 2. The van der Waals surface area contributed by atoms with E-state index in [-0.39, 0.29) is 18.1 Å². The number of carbonyl (C=O) groups is 1. The van der Waals surface area contributed by atoms with Crippen LogP contribution in [0.25, 0.3) is 0 Å². The fourth-order valence-electron chi connectivity index (χ4n) is 2.73. The fraction of sp³-hybridized carbons (Fsp3) is 0.682. The Hall–Kier alpha value is -1.75. The lowest BCUT2D eigenvalue weighted by Gasteiger charge is -2.21. The van der Waals surface area contributed by atoms with Crippen LogP contribution in [0.5, 0.6) is 11.5 Å². The van der Waals surface area contributed by atoms with E-state index >= 15 is 0 Å². The molecule has 1 rings (SSSR count). The van der Waals surface area contributed by atoms with Crippen molar-refractivity contribution in [2.75, 3.05) is 19.8 Å². The number of ether oxygens (including phenoxy) is 2. The highest BCUT2D eigenvalue weighted by molar-refractivity contribution is 5.78. The molecule has 0 spiro atoms. The normalized spacial score (nSPS) is 11.3. The Bertz CT molecular complexity index is 553. The minimum Gasteiger partial charge on any atom is -0.490 e. The summed E-state index contributed by atoms with van der Waals surface area (Å²) in [7, 11) is 0. The molecular weight excluding hydrogens is 340 g/mol. The molecule has 0 atom stereocenters. The first kappa shape index (κ1) is 23.3. The van der Waals surface area contributed by atoms with Crippen LogP contribution in [0, 0.1) is 0 Å². The van der Waals surface area contributed by atoms with Crippen molar-refractivity contribution in [3.8, 4) is 11.5 Å². The minimum atomic E-state index is -0.269. The van der Waals surface area contributed by atoms with Gasteiger partial charge in [0.05, 0.1) is 6.61 Å². The predicted octanol–water partition coefficient (Wildman–Crippen LogP) is 4.44. The number of unbranched alkanes of at least 4 members (excludes halogenated alkanes) is 4. The van der Waals surface area contributed by atoms with Crippen molar-refractivity contribution in [1.82, 2.24) is 10.6 Å². The van der Waals surface area contributed by atoms with Gasteiger partial charge in [-0.1, -0.05) is 38.7 Å². The van der Waals surface area contributed by atoms with Crippen LogP contribution < -0.4 is 20.1 Å². The zero-order valence-corrected chi connectivity index (χ0v) is 17.8. The SMILES string of the molecule is CCCCCCCNCc1ccc(OCC(=O)NC(C)(C)C)c(OCC)c1. The van der Waals surface area contributed by atoms with Crippen LogP contribution in [-0.4, -0.2) is 31.2 Å². The maximum Gasteiger partial charge on any atom is 0.258 e. The maximum atomic E-state index is 11.9. The zero-order valence-electron chi connectivity index (χ0n) is 17.8. The van der Waals surface area contributed by atoms with E-state index in [0.29, 0.717) is 18.1 Å². The summed E-state index contributed by atoms with van der Waals surface area (Å²) in [6, 6.07) is 5.89. The molecule has 0 saturated carbocycles. The van der Waals surface area contributed by atoms with Gasteiger partial charge >= 0.3 is 0 Å². The largest absolute Gasteiger partial charge is 0.490 e. The van der Waals surface area contributed by atoms with E-state index in [0.717, 1.165) is 18.7 Å². The summed E-state index contributed by atoms with van der Waals surface area (Å²) in [5, 5.41) is 6.37. The summed E-state index contributed by atoms with van der Waals surface area (Å²) in [4.78, 5) is 11.9. The van der Waals surface area contributed by atoms with Gasteiger partial charge in [0, 0.05) is 12.1 Å². The van der Waals surface area contributed by atoms with Gasteiger partial charge in [-0.2, -0.15) is 0 Å². The quantitative estimate of drug-likeness (QED) is 0.498. The Morgan fingerprint density at radius 2 is 1.74 bits per heavy atom. The number of hydrogen-bond acceptors (Lipinski definition) is 4. The second kappa shape index (κ2) is 12.6. The van der Waals surface area contributed by atoms with E-state index in [1.165, 1.54) is 32.1 Å². The van der Waals surface area contributed by atoms with Gasteiger partial charge in [0.1, 0.15) is 0 Å². The van der Waals surface area contributed by atoms with Crippen molar-refractivity contribution in [2.24, 2.45) is 0 Å². The Morgan fingerprint density at radius 3 is 2.41 bits per heavy atom. The van der Waals surface area contributed by atoms with E-state index < -0.39 is 0 Å². The average Bonchev–Trinajstić information content (AvgIpc) is 2.59. The Kier molecular flexibility index (Phi) is 10.9. The van der Waals surface area contributed by atoms with Gasteiger partial charge in [-0.25, -0.2) is 0 Å². The Balaban J connectivity index is 2.50. The molecule has 0 saturated heterocycles. The molecule has 5 nitrogen and oxygen atoms in total. The Morgan fingerprint density at radius 1 is 1.00 bits per heavy atom. The average molecular weight is 379 g/mol. The van der Waals surface area contributed by atoms with Gasteiger partial charge in [-0.3, -0.25) is 4.79 Å². The zero-order chi connectivity index (χ0) is 20.1. The van der Waals surface area contributed by atoms with E-state index in [4.69, 9.17) is 9.47 Å². The van der Waals surface area contributed by atoms with E-state index in [1.807, 2.05) is 45.9 Å². The molecule has 1 amide bonds. The second-order valence-electron chi connectivity index (χ2n) is 7.89. The predicted molar refractivity (Wildman–Crippen MR) is 111 cm³/mol. The summed E-state index contributed by atoms with van der Waals surface area (Å²) >= 11 is 0. The van der Waals surface area contributed by atoms with E-state index in [1.54, 1.807) is 0 Å². The lowest BCUT2D eigenvalue weighted by molar-refractivity contribution is -0.124. The monoisotopic (exact) mass is 378 g/mol. The number of amides is 1. The van der Waals surface area contributed by atoms with Crippen molar-refractivity contribution in [3.05, 3.63) is 23.8 Å². The van der Waals surface area contributed by atoms with Crippen LogP contribution in [0.4, 0.5) is 0 Å². The molecule has 5 heteroatoms. The molecule has 0 fully saturated rings. The molecule has 0 bridgehead atoms. The number of nitrogens with one attached hydrogen (secondary N) is 2. The molecule has 0 aliphatic carbocycles. The molecule has 154 valence electrons. The molecule has 27 heavy (non-hydrogen) atoms. The molecule has 0 aromatic heterocycles. The molecule has 1 aromatic rings. The third kappa shape index (κ3) is 10.9. The summed E-state index contributed by atoms with van der Waals surface area (Å²) in [6.07, 6.45) is 6.42. The van der Waals surface area contributed by atoms with Crippen LogP contribution in [0.3, 0.4) is 0 Å². The molecule has 2 N–H and O–H groups in total. The van der Waals surface area contributed by atoms with Crippen LogP contribution >= 0.6 is 0 Å². The van der Waals surface area contributed by atoms with Gasteiger partial charge in [-0.15, -0.1) is 0 Å². The van der Waals surface area contributed by atoms with Crippen LogP contribution in [0.15, 0.2) is 18.2 Å². The lowest BCUT2D eigenvalue weighted by atomic mass is 10.1. The Labute approximate surface area is 165 Å². The summed E-state index contributed by atoms with van der Waals surface area (Å²) in [5.74, 6) is 1.14. The van der Waals surface area contributed by atoms with Crippen molar-refractivity contribution < 1.29 is 14.3 Å². The topological polar surface area (TPSA) is 59.6 Å². The van der Waals surface area contributed by atoms with Crippen LogP contribution in [0.2, 0.25) is 0 Å². The molecule has 1 aromatic carbocycles. The van der Waals surface area contributed by atoms with Crippen molar-refractivity contribution >= 4 is 5.91 Å². The molecule has 0 aliphatic rings. The van der Waals surface area contributed by atoms with E-state index in [2.05, 4.69) is 17.6 Å². The maximum absolute atomic E-state index is 11.9. The number of benzene rings is 1. The minimum absolute atomic E-state index is 0.0211. The van der Waals surface area contributed by atoms with Crippen LogP contribution in [0.1, 0.15) is 72.3 Å². The third-order valence-electron chi connectivity index (χ3n) is 3.97. The second-order valence-corrected chi connectivity index (χ2v) is 7.89. The van der Waals surface area contributed by atoms with Gasteiger partial charge in [-0.05, 0) is 58.4 Å². The highest BCUT2D eigenvalue weighted by atomic mass is 16.5. The highest BCUT2D eigenvalue weighted by Gasteiger charge is 2.15. The first-order valence-electron chi connectivity index (χ1n) is 10.3. The van der Waals surface area contributed by atoms with Crippen molar-refractivity contribution in [1.29, 1.82) is 0 Å². The highest BCUT2D eigenvalue weighted by Crippen LogP contribution is 2.28. The lowest BCUT2D eigenvalue weighted by Crippen LogP contribution is -2.43. The van der Waals surface area contributed by atoms with Gasteiger partial charge in [0.25, 0.3) is 5.91 Å². The standard InChI is InChI=1S/C22H38N2O3/c1-6-8-9-10-11-14-23-16-18-12-13-19(20(15-18)26-7-2)27-17-21(25)24-22(3,4)5/h12-13,15,23H,6-11,14,16-17H2,1-5H3,(H,24,25). The number of carbonyl (C=O) groups excluding carboxylic acids is 1. The number of rotatable bonds is 13. The van der Waals surface area contributed by atoms with Crippen molar-refractivity contribution in [3.63, 3.8) is 0 Å². The first-order valence-corrected chi connectivity index (χ1v) is 10.3. The molecule has 0 radical (unpaired) electrons. The smallest absolute Gasteiger partial charge is 0.258 e. The first-order chi connectivity index (χ1) is 12.9. The van der Waals surface area contributed by atoms with Crippen molar-refractivity contribution in [2.45, 2.75) is 78.8 Å². The summed E-state index contributed by atoms with van der Waals surface area (Å²) in [6.45, 7) is 12.4. The molecule has 0 aliphatic heterocycles. The van der Waals surface area contributed by atoms with Gasteiger partial charge < -0.3 is 20.1 Å². The summed E-state index contributed by atoms with van der Waals surface area (Å²) in [5.41, 5.74) is 0.883. The molecule has 0 heterocycles. The van der Waals surface area contributed by atoms with Crippen LogP contribution in [-0.2, 0) is 11.3 Å².